The fourth-order valence-electron chi connectivity index (χ4n) is 2.28. The summed E-state index contributed by atoms with van der Waals surface area (Å²) in [4.78, 5) is 13.6. The van der Waals surface area contributed by atoms with E-state index in [1.165, 1.54) is 0 Å². The number of nitrogens with zero attached hydrogens (tertiary/aromatic N) is 3. The Kier molecular flexibility index (Phi) is 3.75. The van der Waals surface area contributed by atoms with Crippen LogP contribution in [0.25, 0.3) is 22.3 Å². The van der Waals surface area contributed by atoms with Gasteiger partial charge in [0.15, 0.2) is 5.82 Å². The van der Waals surface area contributed by atoms with E-state index in [1.807, 2.05) is 30.3 Å². The van der Waals surface area contributed by atoms with Crippen molar-refractivity contribution in [2.75, 3.05) is 5.73 Å². The van der Waals surface area contributed by atoms with Gasteiger partial charge in [-0.05, 0) is 40.6 Å². The number of aromatic nitrogens is 3. The van der Waals surface area contributed by atoms with Gasteiger partial charge in [-0.1, -0.05) is 32.0 Å². The highest BCUT2D eigenvalue weighted by Gasteiger charge is 2.15. The molecule has 4 nitrogen and oxygen atoms in total. The molecule has 3 aromatic rings. The van der Waals surface area contributed by atoms with Crippen LogP contribution in [0.4, 0.5) is 5.82 Å². The van der Waals surface area contributed by atoms with Crippen molar-refractivity contribution in [2.24, 2.45) is 0 Å². The van der Waals surface area contributed by atoms with E-state index >= 15 is 0 Å². The van der Waals surface area contributed by atoms with Gasteiger partial charge in [0.1, 0.15) is 5.82 Å². The van der Waals surface area contributed by atoms with Crippen LogP contribution in [0.1, 0.15) is 25.5 Å². The zero-order valence-corrected chi connectivity index (χ0v) is 14.0. The number of pyridine rings is 1. The number of hydrogen-bond acceptors (Lipinski definition) is 4. The van der Waals surface area contributed by atoms with E-state index < -0.39 is 0 Å². The lowest BCUT2D eigenvalue weighted by Crippen LogP contribution is -2.06. The maximum absolute atomic E-state index is 6.07. The highest BCUT2D eigenvalue weighted by molar-refractivity contribution is 14.1. The summed E-state index contributed by atoms with van der Waals surface area (Å²) in [5.41, 5.74) is 8.95. The maximum Gasteiger partial charge on any atom is 0.162 e. The molecule has 0 aliphatic heterocycles. The van der Waals surface area contributed by atoms with Crippen molar-refractivity contribution in [3.63, 3.8) is 0 Å². The summed E-state index contributed by atoms with van der Waals surface area (Å²) < 4.78 is 0.935. The second-order valence-corrected chi connectivity index (χ2v) is 6.24. The molecule has 21 heavy (non-hydrogen) atoms. The lowest BCUT2D eigenvalue weighted by Gasteiger charge is -2.12. The quantitative estimate of drug-likeness (QED) is 0.672. The first kappa shape index (κ1) is 14.2. The van der Waals surface area contributed by atoms with Crippen molar-refractivity contribution in [3.8, 4) is 11.4 Å². The summed E-state index contributed by atoms with van der Waals surface area (Å²) >= 11 is 2.21. The highest BCUT2D eigenvalue weighted by Crippen LogP contribution is 2.29. The van der Waals surface area contributed by atoms with E-state index in [0.29, 0.717) is 17.6 Å². The second kappa shape index (κ2) is 5.55. The summed E-state index contributed by atoms with van der Waals surface area (Å²) in [5.74, 6) is 1.49. The molecule has 2 N–H and O–H groups in total. The summed E-state index contributed by atoms with van der Waals surface area (Å²) in [6.07, 6.45) is 1.78. The molecule has 0 bridgehead atoms. The van der Waals surface area contributed by atoms with Crippen molar-refractivity contribution in [1.29, 1.82) is 0 Å². The minimum atomic E-state index is 0.300. The number of para-hydroxylation sites is 1. The van der Waals surface area contributed by atoms with Crippen molar-refractivity contribution in [1.82, 2.24) is 15.0 Å². The normalized spacial score (nSPS) is 11.2. The number of benzene rings is 1. The largest absolute Gasteiger partial charge is 0.383 e. The molecule has 106 valence electrons. The summed E-state index contributed by atoms with van der Waals surface area (Å²) in [6.45, 7) is 4.22. The minimum Gasteiger partial charge on any atom is -0.383 e. The third kappa shape index (κ3) is 2.57. The SMILES string of the molecule is CC(C)c1nc(-c2ccnc3ccccc23)nc(N)c1I. The van der Waals surface area contributed by atoms with Crippen molar-refractivity contribution >= 4 is 39.3 Å². The van der Waals surface area contributed by atoms with E-state index in [9.17, 15) is 0 Å². The van der Waals surface area contributed by atoms with Crippen molar-refractivity contribution in [2.45, 2.75) is 19.8 Å². The van der Waals surface area contributed by atoms with Gasteiger partial charge in [-0.3, -0.25) is 4.98 Å². The Balaban J connectivity index is 2.28. The van der Waals surface area contributed by atoms with Crippen LogP contribution in [-0.2, 0) is 0 Å². The zero-order valence-electron chi connectivity index (χ0n) is 11.8. The molecule has 2 aromatic heterocycles. The molecule has 0 spiro atoms. The van der Waals surface area contributed by atoms with Crippen LogP contribution in [0.3, 0.4) is 0 Å². The first-order valence-electron chi connectivity index (χ1n) is 6.75. The molecule has 0 aliphatic carbocycles. The summed E-state index contributed by atoms with van der Waals surface area (Å²) in [5, 5.41) is 1.04. The summed E-state index contributed by atoms with van der Waals surface area (Å²) in [6, 6.07) is 9.92. The van der Waals surface area contributed by atoms with Gasteiger partial charge in [0.05, 0.1) is 14.8 Å². The smallest absolute Gasteiger partial charge is 0.162 e. The molecule has 0 saturated heterocycles. The van der Waals surface area contributed by atoms with Gasteiger partial charge >= 0.3 is 0 Å². The molecule has 0 unspecified atom stereocenters. The van der Waals surface area contributed by atoms with Crippen LogP contribution in [0.2, 0.25) is 0 Å². The third-order valence-corrected chi connectivity index (χ3v) is 4.44. The first-order valence-corrected chi connectivity index (χ1v) is 7.83. The molecule has 0 fully saturated rings. The standard InChI is InChI=1S/C16H15IN4/c1-9(2)14-13(17)15(18)21-16(20-14)11-7-8-19-12-6-4-3-5-10(11)12/h3-9H,1-2H3,(H2,18,20,21). The number of hydrogen-bond donors (Lipinski definition) is 1. The topological polar surface area (TPSA) is 64.7 Å². The molecule has 0 atom stereocenters. The Morgan fingerprint density at radius 2 is 1.86 bits per heavy atom. The van der Waals surface area contributed by atoms with Gasteiger partial charge in [0, 0.05) is 17.1 Å². The molecule has 0 radical (unpaired) electrons. The predicted octanol–water partition coefficient (Wildman–Crippen LogP) is 4.00. The Morgan fingerprint density at radius 1 is 1.10 bits per heavy atom. The average Bonchev–Trinajstić information content (AvgIpc) is 2.49. The summed E-state index contributed by atoms with van der Waals surface area (Å²) in [7, 11) is 0. The van der Waals surface area contributed by atoms with E-state index in [1.54, 1.807) is 6.20 Å². The van der Waals surface area contributed by atoms with Gasteiger partial charge < -0.3 is 5.73 Å². The van der Waals surface area contributed by atoms with E-state index in [0.717, 1.165) is 25.7 Å². The van der Waals surface area contributed by atoms with Crippen LogP contribution >= 0.6 is 22.6 Å². The molecule has 0 amide bonds. The second-order valence-electron chi connectivity index (χ2n) is 5.16. The van der Waals surface area contributed by atoms with Gasteiger partial charge in [0.25, 0.3) is 0 Å². The maximum atomic E-state index is 6.07. The molecular weight excluding hydrogens is 375 g/mol. The van der Waals surface area contributed by atoms with Crippen molar-refractivity contribution < 1.29 is 0 Å². The number of halogens is 1. The van der Waals surface area contributed by atoms with Gasteiger partial charge in [-0.25, -0.2) is 9.97 Å². The fourth-order valence-corrected chi connectivity index (χ4v) is 3.14. The van der Waals surface area contributed by atoms with Gasteiger partial charge in [-0.2, -0.15) is 0 Å². The lowest BCUT2D eigenvalue weighted by atomic mass is 10.1. The highest BCUT2D eigenvalue weighted by atomic mass is 127. The zero-order chi connectivity index (χ0) is 15.0. The molecule has 0 saturated carbocycles. The average molecular weight is 390 g/mol. The Hall–Kier alpha value is -1.76. The van der Waals surface area contributed by atoms with E-state index in [2.05, 4.69) is 46.4 Å². The van der Waals surface area contributed by atoms with Gasteiger partial charge in [0.2, 0.25) is 0 Å². The van der Waals surface area contributed by atoms with E-state index in [-0.39, 0.29) is 0 Å². The number of anilines is 1. The van der Waals surface area contributed by atoms with Crippen LogP contribution in [-0.4, -0.2) is 15.0 Å². The van der Waals surface area contributed by atoms with Gasteiger partial charge in [-0.15, -0.1) is 0 Å². The number of nitrogens with two attached hydrogens (primary N) is 1. The van der Waals surface area contributed by atoms with Crippen LogP contribution < -0.4 is 5.73 Å². The molecule has 0 aliphatic rings. The Labute approximate surface area is 137 Å². The monoisotopic (exact) mass is 390 g/mol. The van der Waals surface area contributed by atoms with Crippen LogP contribution in [0, 0.1) is 3.57 Å². The number of nitrogen functional groups attached to an aromatic ring is 1. The molecular formula is C16H15IN4. The Bertz CT molecular complexity index is 809. The molecule has 3 rings (SSSR count). The fraction of sp³-hybridized carbons (Fsp3) is 0.188. The van der Waals surface area contributed by atoms with E-state index in [4.69, 9.17) is 10.7 Å². The van der Waals surface area contributed by atoms with Crippen LogP contribution in [0.15, 0.2) is 36.5 Å². The lowest BCUT2D eigenvalue weighted by molar-refractivity contribution is 0.810. The predicted molar refractivity (Wildman–Crippen MR) is 94.0 cm³/mol. The Morgan fingerprint density at radius 3 is 2.62 bits per heavy atom. The minimum absolute atomic E-state index is 0.300. The number of fused-ring (bicyclic) bond motifs is 1. The first-order chi connectivity index (χ1) is 10.1. The third-order valence-electron chi connectivity index (χ3n) is 3.34. The molecule has 2 heterocycles. The molecule has 5 heteroatoms. The van der Waals surface area contributed by atoms with Crippen LogP contribution in [0.5, 0.6) is 0 Å². The molecule has 1 aromatic carbocycles. The van der Waals surface area contributed by atoms with Crippen molar-refractivity contribution in [3.05, 3.63) is 45.8 Å². The number of rotatable bonds is 2.